The third kappa shape index (κ3) is 4.47. The number of halogens is 1. The van der Waals surface area contributed by atoms with E-state index >= 15 is 0 Å². The minimum absolute atomic E-state index is 0.0693. The predicted octanol–water partition coefficient (Wildman–Crippen LogP) is 2.29. The standard InChI is InChI=1S/C17H20FN3O4S/c1-24-16-17(20-10-9-19-16)25-14-7-5-13(6-8-14)21-26(22,23)15-4-2-3-12(18)11-15/h2-4,9-11,13-14,21H,5-8H2,1H3. The average molecular weight is 381 g/mol. The zero-order valence-corrected chi connectivity index (χ0v) is 15.1. The first-order chi connectivity index (χ1) is 12.5. The number of ether oxygens (including phenoxy) is 2. The second-order valence-corrected chi connectivity index (χ2v) is 7.75. The maximum atomic E-state index is 13.3. The Hall–Kier alpha value is -2.26. The van der Waals surface area contributed by atoms with Gasteiger partial charge in [-0.2, -0.15) is 0 Å². The smallest absolute Gasteiger partial charge is 0.278 e. The summed E-state index contributed by atoms with van der Waals surface area (Å²) in [5.41, 5.74) is 0. The molecule has 1 aliphatic carbocycles. The van der Waals surface area contributed by atoms with Crippen molar-refractivity contribution in [2.24, 2.45) is 0 Å². The van der Waals surface area contributed by atoms with Gasteiger partial charge in [0.05, 0.1) is 12.0 Å². The minimum Gasteiger partial charge on any atom is -0.477 e. The van der Waals surface area contributed by atoms with Crippen molar-refractivity contribution in [1.82, 2.24) is 14.7 Å². The van der Waals surface area contributed by atoms with Gasteiger partial charge in [-0.25, -0.2) is 27.5 Å². The molecule has 26 heavy (non-hydrogen) atoms. The van der Waals surface area contributed by atoms with Crippen LogP contribution in [0, 0.1) is 5.82 Å². The van der Waals surface area contributed by atoms with Crippen LogP contribution in [0.25, 0.3) is 0 Å². The second kappa shape index (κ2) is 7.96. The van der Waals surface area contributed by atoms with E-state index in [-0.39, 0.29) is 17.0 Å². The van der Waals surface area contributed by atoms with Gasteiger partial charge >= 0.3 is 0 Å². The van der Waals surface area contributed by atoms with E-state index < -0.39 is 15.8 Å². The Bertz CT molecular complexity index is 855. The lowest BCUT2D eigenvalue weighted by atomic mass is 9.94. The van der Waals surface area contributed by atoms with Gasteiger partial charge in [0.15, 0.2) is 0 Å². The zero-order valence-electron chi connectivity index (χ0n) is 14.3. The van der Waals surface area contributed by atoms with Crippen molar-refractivity contribution in [1.29, 1.82) is 0 Å². The highest BCUT2D eigenvalue weighted by molar-refractivity contribution is 7.89. The number of nitrogens with zero attached hydrogens (tertiary/aromatic N) is 2. The van der Waals surface area contributed by atoms with Crippen LogP contribution < -0.4 is 14.2 Å². The van der Waals surface area contributed by atoms with Crippen LogP contribution in [-0.2, 0) is 10.0 Å². The first-order valence-electron chi connectivity index (χ1n) is 8.27. The molecule has 0 atom stereocenters. The number of nitrogens with one attached hydrogen (secondary N) is 1. The van der Waals surface area contributed by atoms with Crippen molar-refractivity contribution in [3.05, 3.63) is 42.5 Å². The van der Waals surface area contributed by atoms with Crippen molar-refractivity contribution in [3.8, 4) is 11.8 Å². The fraction of sp³-hybridized carbons (Fsp3) is 0.412. The summed E-state index contributed by atoms with van der Waals surface area (Å²) in [6.07, 6.45) is 5.51. The van der Waals surface area contributed by atoms with Gasteiger partial charge in [-0.1, -0.05) is 6.07 Å². The van der Waals surface area contributed by atoms with Crippen LogP contribution in [0.1, 0.15) is 25.7 Å². The van der Waals surface area contributed by atoms with Gasteiger partial charge in [-0.3, -0.25) is 0 Å². The SMILES string of the molecule is COc1nccnc1OC1CCC(NS(=O)(=O)c2cccc(F)c2)CC1. The molecule has 0 bridgehead atoms. The van der Waals surface area contributed by atoms with Crippen LogP contribution in [0.2, 0.25) is 0 Å². The largest absolute Gasteiger partial charge is 0.477 e. The van der Waals surface area contributed by atoms with E-state index in [1.807, 2.05) is 0 Å². The van der Waals surface area contributed by atoms with E-state index in [0.717, 1.165) is 6.07 Å². The Morgan fingerprint density at radius 1 is 1.12 bits per heavy atom. The van der Waals surface area contributed by atoms with Crippen molar-refractivity contribution in [2.45, 2.75) is 42.7 Å². The van der Waals surface area contributed by atoms with Gasteiger partial charge in [0.25, 0.3) is 11.8 Å². The molecule has 1 aromatic heterocycles. The lowest BCUT2D eigenvalue weighted by Crippen LogP contribution is -2.39. The van der Waals surface area contributed by atoms with Crippen LogP contribution in [0.5, 0.6) is 11.8 Å². The summed E-state index contributed by atoms with van der Waals surface area (Å²) in [4.78, 5) is 8.08. The van der Waals surface area contributed by atoms with E-state index in [9.17, 15) is 12.8 Å². The Morgan fingerprint density at radius 3 is 2.46 bits per heavy atom. The van der Waals surface area contributed by atoms with Gasteiger partial charge < -0.3 is 9.47 Å². The molecule has 1 aromatic carbocycles. The minimum atomic E-state index is -3.74. The number of methoxy groups -OCH3 is 1. The highest BCUT2D eigenvalue weighted by Crippen LogP contribution is 2.27. The summed E-state index contributed by atoms with van der Waals surface area (Å²) < 4.78 is 51.6. The van der Waals surface area contributed by atoms with Crippen LogP contribution in [0.3, 0.4) is 0 Å². The molecule has 3 rings (SSSR count). The summed E-state index contributed by atoms with van der Waals surface area (Å²) in [5.74, 6) is 0.0723. The Labute approximate surface area is 151 Å². The fourth-order valence-electron chi connectivity index (χ4n) is 2.91. The number of sulfonamides is 1. The molecule has 1 heterocycles. The number of hydrogen-bond donors (Lipinski definition) is 1. The fourth-order valence-corrected chi connectivity index (χ4v) is 4.25. The lowest BCUT2D eigenvalue weighted by Gasteiger charge is -2.29. The molecule has 1 fully saturated rings. The number of rotatable bonds is 6. The Balaban J connectivity index is 1.57. The lowest BCUT2D eigenvalue weighted by molar-refractivity contribution is 0.132. The van der Waals surface area contributed by atoms with Gasteiger partial charge in [-0.15, -0.1) is 0 Å². The maximum Gasteiger partial charge on any atom is 0.278 e. The summed E-state index contributed by atoms with van der Waals surface area (Å²) in [6, 6.07) is 4.76. The van der Waals surface area contributed by atoms with Crippen LogP contribution >= 0.6 is 0 Å². The normalized spacial score (nSPS) is 20.5. The second-order valence-electron chi connectivity index (χ2n) is 6.04. The zero-order chi connectivity index (χ0) is 18.6. The Kier molecular flexibility index (Phi) is 5.67. The van der Waals surface area contributed by atoms with Crippen molar-refractivity contribution >= 4 is 10.0 Å². The molecule has 0 unspecified atom stereocenters. The van der Waals surface area contributed by atoms with Crippen molar-refractivity contribution in [2.75, 3.05) is 7.11 Å². The molecule has 0 spiro atoms. The van der Waals surface area contributed by atoms with Crippen molar-refractivity contribution < 1.29 is 22.3 Å². The van der Waals surface area contributed by atoms with Crippen molar-refractivity contribution in [3.63, 3.8) is 0 Å². The molecule has 1 saturated carbocycles. The predicted molar refractivity (Wildman–Crippen MR) is 92.0 cm³/mol. The maximum absolute atomic E-state index is 13.3. The molecule has 2 aromatic rings. The molecular formula is C17H20FN3O4S. The molecular weight excluding hydrogens is 361 g/mol. The highest BCUT2D eigenvalue weighted by Gasteiger charge is 2.27. The number of aromatic nitrogens is 2. The number of hydrogen-bond acceptors (Lipinski definition) is 6. The molecule has 9 heteroatoms. The van der Waals surface area contributed by atoms with E-state index in [1.165, 1.54) is 37.7 Å². The first kappa shape index (κ1) is 18.5. The molecule has 7 nitrogen and oxygen atoms in total. The van der Waals surface area contributed by atoms with Gasteiger partial charge in [0, 0.05) is 18.4 Å². The van der Waals surface area contributed by atoms with Crippen LogP contribution in [0.4, 0.5) is 4.39 Å². The quantitative estimate of drug-likeness (QED) is 0.826. The molecule has 140 valence electrons. The van der Waals surface area contributed by atoms with Crippen LogP contribution in [0.15, 0.2) is 41.6 Å². The summed E-state index contributed by atoms with van der Waals surface area (Å²) >= 11 is 0. The summed E-state index contributed by atoms with van der Waals surface area (Å²) in [7, 11) is -2.25. The van der Waals surface area contributed by atoms with Crippen LogP contribution in [-0.4, -0.2) is 37.6 Å². The highest BCUT2D eigenvalue weighted by atomic mass is 32.2. The third-order valence-electron chi connectivity index (χ3n) is 4.21. The molecule has 0 amide bonds. The van der Waals surface area contributed by atoms with Gasteiger partial charge in [0.2, 0.25) is 10.0 Å². The van der Waals surface area contributed by atoms with Gasteiger partial charge in [0.1, 0.15) is 11.9 Å². The molecule has 0 aliphatic heterocycles. The number of benzene rings is 1. The molecule has 1 N–H and O–H groups in total. The topological polar surface area (TPSA) is 90.4 Å². The molecule has 1 aliphatic rings. The summed E-state index contributed by atoms with van der Waals surface area (Å²) in [6.45, 7) is 0. The van der Waals surface area contributed by atoms with E-state index in [2.05, 4.69) is 14.7 Å². The first-order valence-corrected chi connectivity index (χ1v) is 9.76. The average Bonchev–Trinajstić information content (AvgIpc) is 2.63. The van der Waals surface area contributed by atoms with E-state index in [1.54, 1.807) is 0 Å². The van der Waals surface area contributed by atoms with Gasteiger partial charge in [-0.05, 0) is 43.9 Å². The monoisotopic (exact) mass is 381 g/mol. The summed E-state index contributed by atoms with van der Waals surface area (Å²) in [5, 5.41) is 0. The Morgan fingerprint density at radius 2 is 1.81 bits per heavy atom. The molecule has 0 saturated heterocycles. The molecule has 0 radical (unpaired) electrons. The van der Waals surface area contributed by atoms with E-state index in [0.29, 0.717) is 37.4 Å². The third-order valence-corrected chi connectivity index (χ3v) is 5.73. The van der Waals surface area contributed by atoms with E-state index in [4.69, 9.17) is 9.47 Å².